The van der Waals surface area contributed by atoms with Crippen LogP contribution in [0.25, 0.3) is 22.4 Å². The predicted octanol–water partition coefficient (Wildman–Crippen LogP) is 1.15. The van der Waals surface area contributed by atoms with Gasteiger partial charge in [0, 0.05) is 18.7 Å². The first-order valence-corrected chi connectivity index (χ1v) is 11.5. The Morgan fingerprint density at radius 2 is 2.00 bits per heavy atom. The van der Waals surface area contributed by atoms with Crippen molar-refractivity contribution in [3.63, 3.8) is 0 Å². The molecule has 2 N–H and O–H groups in total. The fourth-order valence-electron chi connectivity index (χ4n) is 3.55. The number of benzene rings is 2. The first-order chi connectivity index (χ1) is 16.5. The molecule has 3 heterocycles. The minimum Gasteiger partial charge on any atom is -0.379 e. The van der Waals surface area contributed by atoms with E-state index >= 15 is 0 Å². The predicted molar refractivity (Wildman–Crippen MR) is 116 cm³/mol. The molecule has 1 aliphatic rings. The summed E-state index contributed by atoms with van der Waals surface area (Å²) < 4.78 is 37.9. The van der Waals surface area contributed by atoms with Crippen LogP contribution in [0.15, 0.2) is 45.8 Å². The lowest BCUT2D eigenvalue weighted by Crippen LogP contribution is -2.40. The molecule has 1 aliphatic heterocycles. The number of carbonyl (C=O) groups is 1. The lowest BCUT2D eigenvalue weighted by atomic mass is 10.1. The highest BCUT2D eigenvalue weighted by molar-refractivity contribution is 7.89. The summed E-state index contributed by atoms with van der Waals surface area (Å²) in [5.74, 6) is -0.394. The standard InChI is InChI=1S/C20H16N8O5S/c21-11-12-1-3-16(14(9-12)19-23-26-27-24-19)22-20(29)18-15-10-13(2-4-17(15)33-25-18)34(30,31)28-5-7-32-8-6-28/h1-4,9-10H,5-8H2,(H,22,29)(H,23,24,26,27). The van der Waals surface area contributed by atoms with Crippen molar-refractivity contribution in [3.8, 4) is 17.5 Å². The second-order valence-electron chi connectivity index (χ2n) is 7.28. The molecule has 0 aliphatic carbocycles. The molecule has 0 saturated carbocycles. The van der Waals surface area contributed by atoms with Gasteiger partial charge < -0.3 is 14.6 Å². The van der Waals surface area contributed by atoms with Crippen molar-refractivity contribution in [1.82, 2.24) is 30.1 Å². The van der Waals surface area contributed by atoms with Crippen molar-refractivity contribution >= 4 is 32.6 Å². The normalized spacial score (nSPS) is 14.7. The first-order valence-electron chi connectivity index (χ1n) is 10.0. The maximum atomic E-state index is 13.1. The number of nitrogens with one attached hydrogen (secondary N) is 2. The van der Waals surface area contributed by atoms with Gasteiger partial charge in [0.15, 0.2) is 17.1 Å². The van der Waals surface area contributed by atoms with E-state index in [-0.39, 0.29) is 40.5 Å². The summed E-state index contributed by atoms with van der Waals surface area (Å²) in [7, 11) is -3.78. The number of rotatable bonds is 5. The van der Waals surface area contributed by atoms with Crippen LogP contribution in [0, 0.1) is 11.3 Å². The molecule has 13 nitrogen and oxygen atoms in total. The Bertz CT molecular complexity index is 1520. The van der Waals surface area contributed by atoms with Gasteiger partial charge in [0.1, 0.15) is 0 Å². The molecule has 1 saturated heterocycles. The van der Waals surface area contributed by atoms with Crippen LogP contribution < -0.4 is 5.32 Å². The number of morpholine rings is 1. The second-order valence-corrected chi connectivity index (χ2v) is 9.22. The number of hydrogen-bond acceptors (Lipinski definition) is 10. The molecule has 0 spiro atoms. The summed E-state index contributed by atoms with van der Waals surface area (Å²) in [6.45, 7) is 1.12. The van der Waals surface area contributed by atoms with Crippen LogP contribution in [0.3, 0.4) is 0 Å². The Kier molecular flexibility index (Phi) is 5.49. The number of nitrogens with zero attached hydrogens (tertiary/aromatic N) is 6. The highest BCUT2D eigenvalue weighted by atomic mass is 32.2. The first kappa shape index (κ1) is 21.6. The van der Waals surface area contributed by atoms with Crippen LogP contribution in [0.4, 0.5) is 5.69 Å². The summed E-state index contributed by atoms with van der Waals surface area (Å²) in [6, 6.07) is 10.8. The number of hydrogen-bond donors (Lipinski definition) is 2. The van der Waals surface area contributed by atoms with Gasteiger partial charge >= 0.3 is 0 Å². The monoisotopic (exact) mass is 480 g/mol. The number of nitriles is 1. The summed E-state index contributed by atoms with van der Waals surface area (Å²) in [5.41, 5.74) is 1.21. The maximum Gasteiger partial charge on any atom is 0.278 e. The molecule has 4 aromatic rings. The number of ether oxygens (including phenoxy) is 1. The van der Waals surface area contributed by atoms with E-state index in [1.54, 1.807) is 0 Å². The molecule has 0 unspecified atom stereocenters. The van der Waals surface area contributed by atoms with Gasteiger partial charge in [0.25, 0.3) is 5.91 Å². The number of aromatic amines is 1. The van der Waals surface area contributed by atoms with E-state index in [1.807, 2.05) is 6.07 Å². The SMILES string of the molecule is N#Cc1ccc(NC(=O)c2noc3ccc(S(=O)(=O)N4CCOCC4)cc23)c(-c2nnn[nH]2)c1. The molecule has 1 fully saturated rings. The minimum atomic E-state index is -3.78. The third-order valence-electron chi connectivity index (χ3n) is 5.26. The Morgan fingerprint density at radius 1 is 1.18 bits per heavy atom. The molecular formula is C20H16N8O5S. The molecule has 0 bridgehead atoms. The van der Waals surface area contributed by atoms with Gasteiger partial charge in [-0.15, -0.1) is 5.10 Å². The van der Waals surface area contributed by atoms with Crippen LogP contribution in [0.2, 0.25) is 0 Å². The number of fused-ring (bicyclic) bond motifs is 1. The number of carbonyl (C=O) groups excluding carboxylic acids is 1. The van der Waals surface area contributed by atoms with Crippen molar-refractivity contribution in [2.24, 2.45) is 0 Å². The number of aromatic nitrogens is 5. The molecule has 2 aromatic heterocycles. The maximum absolute atomic E-state index is 13.1. The van der Waals surface area contributed by atoms with Crippen LogP contribution in [0.5, 0.6) is 0 Å². The van der Waals surface area contributed by atoms with Crippen LogP contribution in [0.1, 0.15) is 16.1 Å². The van der Waals surface area contributed by atoms with E-state index < -0.39 is 15.9 Å². The zero-order chi connectivity index (χ0) is 23.7. The van der Waals surface area contributed by atoms with E-state index in [0.717, 1.165) is 0 Å². The lowest BCUT2D eigenvalue weighted by Gasteiger charge is -2.26. The average molecular weight is 480 g/mol. The van der Waals surface area contributed by atoms with E-state index in [1.165, 1.54) is 40.7 Å². The van der Waals surface area contributed by atoms with Crippen LogP contribution in [-0.4, -0.2) is 70.7 Å². The highest BCUT2D eigenvalue weighted by Gasteiger charge is 2.28. The van der Waals surface area contributed by atoms with E-state index in [4.69, 9.17) is 9.26 Å². The number of anilines is 1. The van der Waals surface area contributed by atoms with Gasteiger partial charge in [0.2, 0.25) is 10.0 Å². The van der Waals surface area contributed by atoms with E-state index in [0.29, 0.717) is 30.0 Å². The fourth-order valence-corrected chi connectivity index (χ4v) is 4.99. The van der Waals surface area contributed by atoms with Gasteiger partial charge in [-0.2, -0.15) is 9.57 Å². The number of H-pyrrole nitrogens is 1. The van der Waals surface area contributed by atoms with Crippen molar-refractivity contribution in [2.45, 2.75) is 4.90 Å². The van der Waals surface area contributed by atoms with Gasteiger partial charge in [-0.05, 0) is 46.8 Å². The fraction of sp³-hybridized carbons (Fsp3) is 0.200. The summed E-state index contributed by atoms with van der Waals surface area (Å²) >= 11 is 0. The molecule has 34 heavy (non-hydrogen) atoms. The molecule has 172 valence electrons. The van der Waals surface area contributed by atoms with Gasteiger partial charge in [0.05, 0.1) is 40.8 Å². The van der Waals surface area contributed by atoms with E-state index in [2.05, 4.69) is 31.1 Å². The summed E-state index contributed by atoms with van der Waals surface area (Å²) in [4.78, 5) is 13.1. The lowest BCUT2D eigenvalue weighted by molar-refractivity contribution is 0.0730. The van der Waals surface area contributed by atoms with Gasteiger partial charge in [-0.25, -0.2) is 13.5 Å². The summed E-state index contributed by atoms with van der Waals surface area (Å²) in [6.07, 6.45) is 0. The van der Waals surface area contributed by atoms with E-state index in [9.17, 15) is 18.5 Å². The molecule has 5 rings (SSSR count). The Labute approximate surface area is 192 Å². The Morgan fingerprint density at radius 3 is 2.74 bits per heavy atom. The number of amides is 1. The zero-order valence-corrected chi connectivity index (χ0v) is 18.2. The topological polar surface area (TPSA) is 180 Å². The highest BCUT2D eigenvalue weighted by Crippen LogP contribution is 2.29. The number of tetrazole rings is 1. The third kappa shape index (κ3) is 3.88. The number of sulfonamides is 1. The minimum absolute atomic E-state index is 0.0194. The van der Waals surface area contributed by atoms with Crippen LogP contribution in [-0.2, 0) is 14.8 Å². The van der Waals surface area contributed by atoms with Crippen LogP contribution >= 0.6 is 0 Å². The molecule has 0 radical (unpaired) electrons. The van der Waals surface area contributed by atoms with Crippen molar-refractivity contribution < 1.29 is 22.5 Å². The Balaban J connectivity index is 1.49. The average Bonchev–Trinajstić information content (AvgIpc) is 3.55. The smallest absolute Gasteiger partial charge is 0.278 e. The molecule has 1 amide bonds. The van der Waals surface area contributed by atoms with Crippen molar-refractivity contribution in [3.05, 3.63) is 47.7 Å². The van der Waals surface area contributed by atoms with Crippen molar-refractivity contribution in [2.75, 3.05) is 31.6 Å². The molecule has 14 heteroatoms. The van der Waals surface area contributed by atoms with Gasteiger partial charge in [-0.3, -0.25) is 4.79 Å². The molecular weight excluding hydrogens is 464 g/mol. The second kappa shape index (κ2) is 8.63. The third-order valence-corrected chi connectivity index (χ3v) is 7.16. The quantitative estimate of drug-likeness (QED) is 0.420. The Hall–Kier alpha value is -4.19. The van der Waals surface area contributed by atoms with Crippen molar-refractivity contribution in [1.29, 1.82) is 5.26 Å². The summed E-state index contributed by atoms with van der Waals surface area (Å²) in [5, 5.41) is 29.5. The largest absolute Gasteiger partial charge is 0.379 e. The molecule has 2 aromatic carbocycles. The van der Waals surface area contributed by atoms with Gasteiger partial charge in [-0.1, -0.05) is 5.16 Å². The zero-order valence-electron chi connectivity index (χ0n) is 17.4. The molecule has 0 atom stereocenters.